The van der Waals surface area contributed by atoms with E-state index in [-0.39, 0.29) is 0 Å². The predicted molar refractivity (Wildman–Crippen MR) is 42.9 cm³/mol. The van der Waals surface area contributed by atoms with Gasteiger partial charge in [-0.15, -0.1) is 0 Å². The molecule has 1 aromatic heterocycles. The molecule has 1 aromatic rings. The van der Waals surface area contributed by atoms with E-state index in [0.717, 1.165) is 11.3 Å². The van der Waals surface area contributed by atoms with Gasteiger partial charge in [0.15, 0.2) is 0 Å². The average Bonchev–Trinajstić information content (AvgIpc) is 1.94. The Bertz CT molecular complexity index is 232. The van der Waals surface area contributed by atoms with Crippen LogP contribution in [-0.4, -0.2) is 12.0 Å². The number of aryl methyl sites for hydroxylation is 1. The molecule has 10 heavy (non-hydrogen) atoms. The third kappa shape index (κ3) is 1.18. The summed E-state index contributed by atoms with van der Waals surface area (Å²) in [6, 6.07) is 1.81. The first-order valence-corrected chi connectivity index (χ1v) is 3.14. The summed E-state index contributed by atoms with van der Waals surface area (Å²) >= 11 is 0. The molecule has 0 amide bonds. The summed E-state index contributed by atoms with van der Waals surface area (Å²) in [5, 5.41) is 3.02. The molecular weight excluding hydrogens is 126 g/mol. The van der Waals surface area contributed by atoms with E-state index in [9.17, 15) is 0 Å². The van der Waals surface area contributed by atoms with E-state index in [1.807, 2.05) is 20.0 Å². The molecule has 0 aliphatic carbocycles. The van der Waals surface area contributed by atoms with Crippen LogP contribution in [-0.2, 0) is 0 Å². The molecule has 0 atom stereocenters. The van der Waals surface area contributed by atoms with Gasteiger partial charge in [0.25, 0.3) is 0 Å². The molecule has 0 saturated carbocycles. The molecule has 1 heterocycles. The molecule has 0 fully saturated rings. The van der Waals surface area contributed by atoms with Crippen LogP contribution in [0.4, 0.5) is 11.5 Å². The minimum absolute atomic E-state index is 0.551. The minimum Gasteiger partial charge on any atom is -0.388 e. The van der Waals surface area contributed by atoms with Crippen molar-refractivity contribution in [3.05, 3.63) is 17.8 Å². The molecule has 0 aliphatic rings. The average molecular weight is 137 g/mol. The highest BCUT2D eigenvalue weighted by atomic mass is 14.9. The van der Waals surface area contributed by atoms with Crippen molar-refractivity contribution in [2.75, 3.05) is 18.1 Å². The first-order chi connectivity index (χ1) is 4.74. The van der Waals surface area contributed by atoms with E-state index < -0.39 is 0 Å². The maximum atomic E-state index is 5.45. The lowest BCUT2D eigenvalue weighted by molar-refractivity contribution is 1.26. The highest BCUT2D eigenvalue weighted by Crippen LogP contribution is 2.13. The molecule has 3 heteroatoms. The van der Waals surface area contributed by atoms with Crippen LogP contribution in [0.25, 0.3) is 0 Å². The van der Waals surface area contributed by atoms with Gasteiger partial charge in [-0.2, -0.15) is 0 Å². The van der Waals surface area contributed by atoms with E-state index >= 15 is 0 Å². The summed E-state index contributed by atoms with van der Waals surface area (Å²) in [6.07, 6.45) is 1.75. The molecule has 0 unspecified atom stereocenters. The molecule has 1 rings (SSSR count). The van der Waals surface area contributed by atoms with Crippen LogP contribution in [0.3, 0.4) is 0 Å². The maximum absolute atomic E-state index is 5.45. The maximum Gasteiger partial charge on any atom is 0.125 e. The summed E-state index contributed by atoms with van der Waals surface area (Å²) < 4.78 is 0. The first kappa shape index (κ1) is 6.86. The van der Waals surface area contributed by atoms with Gasteiger partial charge >= 0.3 is 0 Å². The van der Waals surface area contributed by atoms with Gasteiger partial charge in [0.1, 0.15) is 5.82 Å². The zero-order valence-corrected chi connectivity index (χ0v) is 6.18. The molecule has 3 nitrogen and oxygen atoms in total. The Morgan fingerprint density at radius 3 is 2.80 bits per heavy atom. The van der Waals surface area contributed by atoms with E-state index in [2.05, 4.69) is 10.3 Å². The van der Waals surface area contributed by atoms with E-state index in [1.54, 1.807) is 6.20 Å². The summed E-state index contributed by atoms with van der Waals surface area (Å²) in [4.78, 5) is 3.93. The minimum atomic E-state index is 0.551. The number of aromatic nitrogens is 1. The van der Waals surface area contributed by atoms with Crippen LogP contribution in [0.5, 0.6) is 0 Å². The Kier molecular flexibility index (Phi) is 1.76. The summed E-state index contributed by atoms with van der Waals surface area (Å²) in [7, 11) is 1.86. The quantitative estimate of drug-likeness (QED) is 0.607. The van der Waals surface area contributed by atoms with Crippen LogP contribution in [0.15, 0.2) is 12.3 Å². The zero-order valence-electron chi connectivity index (χ0n) is 6.18. The molecular formula is C7H11N3. The second-order valence-electron chi connectivity index (χ2n) is 2.17. The fourth-order valence-corrected chi connectivity index (χ4v) is 0.809. The third-order valence-electron chi connectivity index (χ3n) is 1.39. The van der Waals surface area contributed by atoms with Gasteiger partial charge in [0, 0.05) is 25.0 Å². The number of anilines is 2. The molecule has 0 bridgehead atoms. The molecule has 0 spiro atoms. The van der Waals surface area contributed by atoms with Gasteiger partial charge in [-0.25, -0.2) is 4.98 Å². The number of pyridine rings is 1. The van der Waals surface area contributed by atoms with Crippen molar-refractivity contribution in [2.24, 2.45) is 0 Å². The van der Waals surface area contributed by atoms with E-state index in [1.165, 1.54) is 0 Å². The number of nitrogens with zero attached hydrogens (tertiary/aromatic N) is 1. The summed E-state index contributed by atoms with van der Waals surface area (Å²) in [6.45, 7) is 1.98. The standard InChI is InChI=1S/C7H11N3/c1-5-4-10-7(8)3-6(5)9-2/h3-4H,1-2H3,(H3,8,9,10). The highest BCUT2D eigenvalue weighted by Gasteiger charge is 1.94. The monoisotopic (exact) mass is 137 g/mol. The van der Waals surface area contributed by atoms with Gasteiger partial charge in [-0.3, -0.25) is 0 Å². The largest absolute Gasteiger partial charge is 0.388 e. The Labute approximate surface area is 60.3 Å². The van der Waals surface area contributed by atoms with Crippen molar-refractivity contribution in [1.29, 1.82) is 0 Å². The molecule has 0 radical (unpaired) electrons. The smallest absolute Gasteiger partial charge is 0.125 e. The van der Waals surface area contributed by atoms with Crippen molar-refractivity contribution < 1.29 is 0 Å². The topological polar surface area (TPSA) is 50.9 Å². The fraction of sp³-hybridized carbons (Fsp3) is 0.286. The molecule has 0 saturated heterocycles. The van der Waals surface area contributed by atoms with E-state index in [4.69, 9.17) is 5.73 Å². The normalized spacial score (nSPS) is 9.40. The molecule has 0 aliphatic heterocycles. The van der Waals surface area contributed by atoms with Crippen molar-refractivity contribution in [1.82, 2.24) is 4.98 Å². The van der Waals surface area contributed by atoms with Crippen LogP contribution in [0.1, 0.15) is 5.56 Å². The molecule has 0 aromatic carbocycles. The first-order valence-electron chi connectivity index (χ1n) is 3.14. The van der Waals surface area contributed by atoms with Gasteiger partial charge in [-0.1, -0.05) is 0 Å². The summed E-state index contributed by atoms with van der Waals surface area (Å²) in [5.41, 5.74) is 7.59. The van der Waals surface area contributed by atoms with Crippen LogP contribution >= 0.6 is 0 Å². The van der Waals surface area contributed by atoms with Crippen molar-refractivity contribution >= 4 is 11.5 Å². The van der Waals surface area contributed by atoms with Gasteiger partial charge in [0.05, 0.1) is 0 Å². The predicted octanol–water partition coefficient (Wildman–Crippen LogP) is 1.01. The van der Waals surface area contributed by atoms with Gasteiger partial charge < -0.3 is 11.1 Å². The third-order valence-corrected chi connectivity index (χ3v) is 1.39. The Balaban J connectivity index is 3.09. The number of nitrogens with two attached hydrogens (primary N) is 1. The van der Waals surface area contributed by atoms with Crippen LogP contribution < -0.4 is 11.1 Å². The van der Waals surface area contributed by atoms with Gasteiger partial charge in [0.2, 0.25) is 0 Å². The number of nitrogens with one attached hydrogen (secondary N) is 1. The lowest BCUT2D eigenvalue weighted by Crippen LogP contribution is -1.96. The number of hydrogen-bond acceptors (Lipinski definition) is 3. The lowest BCUT2D eigenvalue weighted by Gasteiger charge is -2.03. The second-order valence-corrected chi connectivity index (χ2v) is 2.17. The SMILES string of the molecule is CNc1cc(N)ncc1C. The van der Waals surface area contributed by atoms with Crippen molar-refractivity contribution in [2.45, 2.75) is 6.92 Å². The Hall–Kier alpha value is -1.25. The number of nitrogen functional groups attached to an aromatic ring is 1. The Morgan fingerprint density at radius 2 is 2.30 bits per heavy atom. The fourth-order valence-electron chi connectivity index (χ4n) is 0.809. The van der Waals surface area contributed by atoms with Crippen LogP contribution in [0, 0.1) is 6.92 Å². The highest BCUT2D eigenvalue weighted by molar-refractivity contribution is 5.54. The van der Waals surface area contributed by atoms with Gasteiger partial charge in [-0.05, 0) is 12.5 Å². The van der Waals surface area contributed by atoms with Crippen LogP contribution in [0.2, 0.25) is 0 Å². The molecule has 3 N–H and O–H groups in total. The number of hydrogen-bond donors (Lipinski definition) is 2. The lowest BCUT2D eigenvalue weighted by atomic mass is 10.2. The van der Waals surface area contributed by atoms with Crippen molar-refractivity contribution in [3.63, 3.8) is 0 Å². The van der Waals surface area contributed by atoms with E-state index in [0.29, 0.717) is 5.82 Å². The second kappa shape index (κ2) is 2.56. The number of rotatable bonds is 1. The summed E-state index contributed by atoms with van der Waals surface area (Å²) in [5.74, 6) is 0.551. The van der Waals surface area contributed by atoms with Crippen molar-refractivity contribution in [3.8, 4) is 0 Å². The zero-order chi connectivity index (χ0) is 7.56. The molecule has 54 valence electrons. The Morgan fingerprint density at radius 1 is 1.60 bits per heavy atom.